The molecule has 1 saturated heterocycles. The molecule has 0 bridgehead atoms. The summed E-state index contributed by atoms with van der Waals surface area (Å²) in [5.41, 5.74) is 3.91. The van der Waals surface area contributed by atoms with Crippen LogP contribution in [0.4, 0.5) is 0 Å². The van der Waals surface area contributed by atoms with Crippen molar-refractivity contribution in [2.75, 3.05) is 20.8 Å². The van der Waals surface area contributed by atoms with Crippen LogP contribution in [0.25, 0.3) is 21.5 Å². The smallest absolute Gasteiger partial charge is 0.125 e. The maximum Gasteiger partial charge on any atom is 0.125 e. The highest BCUT2D eigenvalue weighted by Crippen LogP contribution is 2.47. The molecule has 7 heteroatoms. The molecule has 2 atom stereocenters. The van der Waals surface area contributed by atoms with Gasteiger partial charge in [0.25, 0.3) is 0 Å². The molecule has 0 radical (unpaired) electrons. The molecule has 2 heterocycles. The highest BCUT2D eigenvalue weighted by Gasteiger charge is 2.41. The average Bonchev–Trinajstić information content (AvgIpc) is 3.20. The van der Waals surface area contributed by atoms with E-state index >= 15 is 0 Å². The van der Waals surface area contributed by atoms with E-state index in [4.69, 9.17) is 9.47 Å². The first-order valence-electron chi connectivity index (χ1n) is 11.1. The van der Waals surface area contributed by atoms with Gasteiger partial charge in [-0.05, 0) is 50.9 Å². The molecule has 0 aromatic heterocycles. The van der Waals surface area contributed by atoms with Crippen molar-refractivity contribution in [2.24, 2.45) is 0 Å². The first-order valence-corrected chi connectivity index (χ1v) is 11.1. The lowest BCUT2D eigenvalue weighted by Gasteiger charge is -2.48. The molecular weight excluding hydrogens is 410 g/mol. The third kappa shape index (κ3) is 2.93. The third-order valence-electron chi connectivity index (χ3n) is 7.52. The summed E-state index contributed by atoms with van der Waals surface area (Å²) in [5.74, 6) is 1.10. The summed E-state index contributed by atoms with van der Waals surface area (Å²) in [5, 5.41) is 47.5. The minimum Gasteiger partial charge on any atom is -0.632 e. The molecule has 3 aromatic carbocycles. The molecule has 0 aliphatic carbocycles. The van der Waals surface area contributed by atoms with Gasteiger partial charge < -0.3 is 34.6 Å². The molecule has 5 rings (SSSR count). The molecule has 3 N–H and O–H groups in total. The van der Waals surface area contributed by atoms with Gasteiger partial charge >= 0.3 is 0 Å². The Kier molecular flexibility index (Phi) is 5.27. The van der Waals surface area contributed by atoms with Gasteiger partial charge in [-0.1, -0.05) is 0 Å². The van der Waals surface area contributed by atoms with Crippen LogP contribution in [0.5, 0.6) is 11.5 Å². The second-order valence-electron chi connectivity index (χ2n) is 8.93. The minimum atomic E-state index is -0.264. The molecule has 0 spiro atoms. The van der Waals surface area contributed by atoms with Crippen LogP contribution in [0.1, 0.15) is 40.7 Å². The molecule has 3 aromatic rings. The van der Waals surface area contributed by atoms with Crippen LogP contribution in [-0.4, -0.2) is 46.8 Å². The van der Waals surface area contributed by atoms with E-state index in [9.17, 15) is 20.5 Å². The summed E-state index contributed by atoms with van der Waals surface area (Å²) >= 11 is 0. The summed E-state index contributed by atoms with van der Waals surface area (Å²) in [7, 11) is 3.13. The van der Waals surface area contributed by atoms with E-state index in [0.717, 1.165) is 45.5 Å². The van der Waals surface area contributed by atoms with E-state index in [1.165, 1.54) is 0 Å². The summed E-state index contributed by atoms with van der Waals surface area (Å²) in [6.07, 6.45) is 2.51. The van der Waals surface area contributed by atoms with Crippen LogP contribution in [-0.2, 0) is 32.8 Å². The Labute approximate surface area is 186 Å². The van der Waals surface area contributed by atoms with Crippen molar-refractivity contribution < 1.29 is 29.4 Å². The van der Waals surface area contributed by atoms with Crippen LogP contribution in [0.3, 0.4) is 0 Å². The van der Waals surface area contributed by atoms with Gasteiger partial charge in [-0.15, -0.1) is 0 Å². The van der Waals surface area contributed by atoms with E-state index in [1.807, 2.05) is 18.2 Å². The second kappa shape index (κ2) is 7.86. The Balaban J connectivity index is 1.98. The van der Waals surface area contributed by atoms with Crippen molar-refractivity contribution in [1.29, 1.82) is 0 Å². The van der Waals surface area contributed by atoms with E-state index in [-0.39, 0.29) is 30.5 Å². The van der Waals surface area contributed by atoms with Crippen molar-refractivity contribution in [3.05, 3.63) is 51.2 Å². The molecule has 7 nitrogen and oxygen atoms in total. The highest BCUT2D eigenvalue weighted by molar-refractivity contribution is 6.14. The van der Waals surface area contributed by atoms with Gasteiger partial charge in [-0.25, -0.2) is 0 Å². The topological polar surface area (TPSA) is 102 Å². The minimum absolute atomic E-state index is 0.0304. The van der Waals surface area contributed by atoms with Crippen molar-refractivity contribution >= 4 is 21.5 Å². The SMILES string of the molecule is COc1cc2c3c(c4cc(OC)c(CO)c(CO)c4c2cc1CO)CC1CCC[N+]1([O-])C3. The van der Waals surface area contributed by atoms with Crippen molar-refractivity contribution in [2.45, 2.75) is 51.7 Å². The Morgan fingerprint density at radius 1 is 0.906 bits per heavy atom. The zero-order valence-electron chi connectivity index (χ0n) is 18.5. The number of quaternary nitrogens is 1. The highest BCUT2D eigenvalue weighted by atomic mass is 16.5. The number of rotatable bonds is 5. The zero-order valence-corrected chi connectivity index (χ0v) is 18.5. The van der Waals surface area contributed by atoms with Gasteiger partial charge in [0.05, 0.1) is 46.6 Å². The van der Waals surface area contributed by atoms with Gasteiger partial charge in [-0.3, -0.25) is 0 Å². The fourth-order valence-corrected chi connectivity index (χ4v) is 5.95. The second-order valence-corrected chi connectivity index (χ2v) is 8.93. The quantitative estimate of drug-likeness (QED) is 0.321. The lowest BCUT2D eigenvalue weighted by molar-refractivity contribution is -0.907. The van der Waals surface area contributed by atoms with Gasteiger partial charge in [-0.2, -0.15) is 0 Å². The number of hydrogen-bond donors (Lipinski definition) is 3. The summed E-state index contributed by atoms with van der Waals surface area (Å²) in [6, 6.07) is 5.75. The van der Waals surface area contributed by atoms with E-state index < -0.39 is 0 Å². The molecular formula is C25H29NO6. The van der Waals surface area contributed by atoms with Crippen LogP contribution >= 0.6 is 0 Å². The Morgan fingerprint density at radius 2 is 1.62 bits per heavy atom. The summed E-state index contributed by atoms with van der Waals surface area (Å²) in [6.45, 7) is 0.304. The fraction of sp³-hybridized carbons (Fsp3) is 0.440. The Bertz CT molecular complexity index is 1220. The normalized spacial score (nSPS) is 22.2. The zero-order chi connectivity index (χ0) is 22.6. The first-order chi connectivity index (χ1) is 15.5. The van der Waals surface area contributed by atoms with Gasteiger partial charge in [0.15, 0.2) is 0 Å². The molecule has 170 valence electrons. The molecule has 32 heavy (non-hydrogen) atoms. The molecule has 1 fully saturated rings. The number of hydrogen-bond acceptors (Lipinski definition) is 6. The lowest BCUT2D eigenvalue weighted by Crippen LogP contribution is -2.49. The molecule has 2 unspecified atom stereocenters. The van der Waals surface area contributed by atoms with Crippen molar-refractivity contribution in [3.63, 3.8) is 0 Å². The van der Waals surface area contributed by atoms with Crippen molar-refractivity contribution in [3.8, 4) is 11.5 Å². The molecule has 0 saturated carbocycles. The van der Waals surface area contributed by atoms with Gasteiger partial charge in [0.1, 0.15) is 18.0 Å². The standard InChI is InChI=1S/C25H29NO6/c1-31-23-8-17-18(6-14(23)11-27)25-19(9-24(32-2)21(12-28)22(25)13-29)16-7-15-4-3-5-26(15,30)10-20(16)17/h6,8-9,15,27-29H,3-5,7,10-13H2,1-2H3. The first kappa shape index (κ1) is 21.4. The molecule has 0 amide bonds. The van der Waals surface area contributed by atoms with Gasteiger partial charge in [0, 0.05) is 36.0 Å². The number of aliphatic hydroxyl groups excluding tert-OH is 3. The Hall–Kier alpha value is -2.42. The van der Waals surface area contributed by atoms with E-state index in [0.29, 0.717) is 47.7 Å². The molecule has 2 aliphatic heterocycles. The largest absolute Gasteiger partial charge is 0.632 e. The number of aliphatic hydroxyl groups is 3. The monoisotopic (exact) mass is 439 g/mol. The number of benzene rings is 3. The van der Waals surface area contributed by atoms with Crippen LogP contribution in [0, 0.1) is 5.21 Å². The van der Waals surface area contributed by atoms with Crippen molar-refractivity contribution in [1.82, 2.24) is 0 Å². The summed E-state index contributed by atoms with van der Waals surface area (Å²) < 4.78 is 10.9. The van der Waals surface area contributed by atoms with E-state index in [2.05, 4.69) is 0 Å². The third-order valence-corrected chi connectivity index (χ3v) is 7.52. The average molecular weight is 440 g/mol. The van der Waals surface area contributed by atoms with Crippen LogP contribution < -0.4 is 9.47 Å². The number of fused-ring (bicyclic) bond motifs is 7. The Morgan fingerprint density at radius 3 is 2.28 bits per heavy atom. The van der Waals surface area contributed by atoms with E-state index in [1.54, 1.807) is 14.2 Å². The number of ether oxygens (including phenoxy) is 2. The van der Waals surface area contributed by atoms with Gasteiger partial charge in [0.2, 0.25) is 0 Å². The lowest BCUT2D eigenvalue weighted by atomic mass is 9.82. The molecule has 2 aliphatic rings. The fourth-order valence-electron chi connectivity index (χ4n) is 5.95. The maximum atomic E-state index is 13.6. The number of hydroxylamine groups is 3. The predicted molar refractivity (Wildman–Crippen MR) is 121 cm³/mol. The predicted octanol–water partition coefficient (Wildman–Crippen LogP) is 3.02. The van der Waals surface area contributed by atoms with Crippen LogP contribution in [0.15, 0.2) is 18.2 Å². The number of methoxy groups -OCH3 is 2. The number of nitrogens with zero attached hydrogens (tertiary/aromatic N) is 1. The maximum absolute atomic E-state index is 13.6. The summed E-state index contributed by atoms with van der Waals surface area (Å²) in [4.78, 5) is 0. The van der Waals surface area contributed by atoms with Crippen LogP contribution in [0.2, 0.25) is 0 Å².